The maximum absolute atomic E-state index is 12.0. The van der Waals surface area contributed by atoms with Crippen LogP contribution in [0, 0.1) is 0 Å². The van der Waals surface area contributed by atoms with E-state index in [1.54, 1.807) is 16.4 Å². The minimum atomic E-state index is -2.69. The van der Waals surface area contributed by atoms with E-state index in [9.17, 15) is 13.9 Å². The lowest BCUT2D eigenvalue weighted by Gasteiger charge is -2.36. The van der Waals surface area contributed by atoms with Gasteiger partial charge in [0.15, 0.2) is 0 Å². The lowest BCUT2D eigenvalue weighted by Crippen LogP contribution is -2.23. The van der Waals surface area contributed by atoms with Crippen LogP contribution in [0.15, 0.2) is 47.3 Å². The zero-order valence-electron chi connectivity index (χ0n) is 16.4. The van der Waals surface area contributed by atoms with Crippen molar-refractivity contribution in [1.82, 2.24) is 9.29 Å². The molecule has 0 spiro atoms. The number of halogens is 1. The topological polar surface area (TPSA) is 76.6 Å². The van der Waals surface area contributed by atoms with Crippen LogP contribution in [0.5, 0.6) is 0 Å². The van der Waals surface area contributed by atoms with Crippen LogP contribution in [0.3, 0.4) is 0 Å². The summed E-state index contributed by atoms with van der Waals surface area (Å²) in [5.74, 6) is 0.411. The van der Waals surface area contributed by atoms with Crippen molar-refractivity contribution in [2.75, 3.05) is 18.8 Å². The number of nitrogens with one attached hydrogen (secondary N) is 1. The third-order valence-electron chi connectivity index (χ3n) is 4.95. The van der Waals surface area contributed by atoms with E-state index < -0.39 is 10.8 Å². The Morgan fingerprint density at radius 1 is 1.21 bits per heavy atom. The first-order valence-electron chi connectivity index (χ1n) is 9.29. The molecule has 1 aromatic carbocycles. The molecule has 3 N–H and O–H groups in total. The van der Waals surface area contributed by atoms with Crippen LogP contribution < -0.4 is 5.56 Å². The number of benzene rings is 1. The fourth-order valence-corrected chi connectivity index (χ4v) is 4.88. The summed E-state index contributed by atoms with van der Waals surface area (Å²) >= 11 is 5.89. The molecule has 3 rings (SSSR count). The van der Waals surface area contributed by atoms with Gasteiger partial charge in [-0.2, -0.15) is 0 Å². The molecule has 28 heavy (non-hydrogen) atoms. The second-order valence-electron chi connectivity index (χ2n) is 8.07. The highest BCUT2D eigenvalue weighted by Crippen LogP contribution is 2.48. The number of pyridine rings is 1. The second kappa shape index (κ2) is 8.05. The van der Waals surface area contributed by atoms with Gasteiger partial charge in [0.1, 0.15) is 5.02 Å². The largest absolute Gasteiger partial charge is 0.321 e. The van der Waals surface area contributed by atoms with Gasteiger partial charge in [-0.25, -0.2) is 4.31 Å². The van der Waals surface area contributed by atoms with Gasteiger partial charge in [-0.3, -0.25) is 13.9 Å². The van der Waals surface area contributed by atoms with Gasteiger partial charge in [0, 0.05) is 24.4 Å². The first-order chi connectivity index (χ1) is 13.1. The molecule has 1 saturated heterocycles. The molecule has 5 nitrogen and oxygen atoms in total. The Balaban J connectivity index is 2.00. The molecule has 0 radical (unpaired) electrons. The Hall–Kier alpha value is -1.57. The molecule has 152 valence electrons. The lowest BCUT2D eigenvalue weighted by molar-refractivity contribution is 0.398. The smallest absolute Gasteiger partial charge is 0.267 e. The fraction of sp³-hybridized carbons (Fsp3) is 0.381. The van der Waals surface area contributed by atoms with Gasteiger partial charge < -0.3 is 4.98 Å². The number of nitrogens with zero attached hydrogens (tertiary/aromatic N) is 1. The predicted molar refractivity (Wildman–Crippen MR) is 118 cm³/mol. The first-order valence-corrected chi connectivity index (χ1v) is 11.3. The number of aromatic amines is 1. The minimum Gasteiger partial charge on any atom is -0.321 e. The molecule has 1 aliphatic heterocycles. The third kappa shape index (κ3) is 4.70. The van der Waals surface area contributed by atoms with Gasteiger partial charge in [0.2, 0.25) is 0 Å². The summed E-state index contributed by atoms with van der Waals surface area (Å²) in [6.45, 7) is 7.52. The maximum Gasteiger partial charge on any atom is 0.267 e. The van der Waals surface area contributed by atoms with Crippen LogP contribution in [-0.4, -0.2) is 37.2 Å². The molecule has 1 aromatic heterocycles. The Labute approximate surface area is 172 Å². The van der Waals surface area contributed by atoms with E-state index in [1.807, 2.05) is 18.2 Å². The van der Waals surface area contributed by atoms with Crippen molar-refractivity contribution in [3.63, 3.8) is 0 Å². The first kappa shape index (κ1) is 21.1. The molecule has 0 aliphatic carbocycles. The Kier molecular flexibility index (Phi) is 6.08. The van der Waals surface area contributed by atoms with Crippen molar-refractivity contribution >= 4 is 27.9 Å². The molecule has 0 bridgehead atoms. The minimum absolute atomic E-state index is 0.0449. The SMILES string of the molecule is CC(C)(C)c1ccc(/C(=C/CN2CCCS2(O)O)c2ccc(Cl)c(=O)[nH]2)cc1. The second-order valence-corrected chi connectivity index (χ2v) is 10.7. The lowest BCUT2D eigenvalue weighted by atomic mass is 9.86. The van der Waals surface area contributed by atoms with Crippen LogP contribution in [0.25, 0.3) is 5.57 Å². The van der Waals surface area contributed by atoms with E-state index >= 15 is 0 Å². The number of rotatable bonds is 4. The van der Waals surface area contributed by atoms with Crippen molar-refractivity contribution in [1.29, 1.82) is 0 Å². The molecule has 1 fully saturated rings. The molecule has 7 heteroatoms. The standard InChI is InChI=1S/C21H27ClN2O3S/c1-21(2,3)16-7-5-15(6-8-16)17(19-10-9-18(22)20(25)23-19)11-13-24-12-4-14-28(24,26)27/h5-11,26-27H,4,12-14H2,1-3H3,(H,23,25)/b17-11-. The number of hydrogen-bond acceptors (Lipinski definition) is 4. The highest BCUT2D eigenvalue weighted by Gasteiger charge is 2.28. The monoisotopic (exact) mass is 422 g/mol. The van der Waals surface area contributed by atoms with E-state index in [0.717, 1.165) is 17.6 Å². The highest BCUT2D eigenvalue weighted by atomic mass is 35.5. The van der Waals surface area contributed by atoms with Crippen LogP contribution in [0.2, 0.25) is 5.02 Å². The van der Waals surface area contributed by atoms with Crippen molar-refractivity contribution in [3.8, 4) is 0 Å². The van der Waals surface area contributed by atoms with Crippen LogP contribution in [0.1, 0.15) is 44.0 Å². The maximum atomic E-state index is 12.0. The van der Waals surface area contributed by atoms with Gasteiger partial charge >= 0.3 is 0 Å². The molecule has 2 heterocycles. The van der Waals surface area contributed by atoms with Crippen molar-refractivity contribution in [2.24, 2.45) is 0 Å². The molecule has 2 aromatic rings. The molecule has 0 amide bonds. The van der Waals surface area contributed by atoms with E-state index in [1.165, 1.54) is 5.56 Å². The fourth-order valence-electron chi connectivity index (χ4n) is 3.26. The van der Waals surface area contributed by atoms with Gasteiger partial charge in [-0.05, 0) is 35.1 Å². The van der Waals surface area contributed by atoms with Crippen LogP contribution >= 0.6 is 22.4 Å². The Morgan fingerprint density at radius 2 is 1.89 bits per heavy atom. The van der Waals surface area contributed by atoms with Gasteiger partial charge in [-0.1, -0.05) is 62.7 Å². The average molecular weight is 423 g/mol. The van der Waals surface area contributed by atoms with Gasteiger partial charge in [0.05, 0.1) is 5.75 Å². The van der Waals surface area contributed by atoms with E-state index in [-0.39, 0.29) is 16.0 Å². The van der Waals surface area contributed by atoms with Crippen molar-refractivity contribution < 1.29 is 9.11 Å². The van der Waals surface area contributed by atoms with Gasteiger partial charge in [-0.15, -0.1) is 10.8 Å². The average Bonchev–Trinajstić information content (AvgIpc) is 2.96. The number of aromatic nitrogens is 1. The predicted octanol–water partition coefficient (Wildman–Crippen LogP) is 5.13. The quantitative estimate of drug-likeness (QED) is 0.638. The van der Waals surface area contributed by atoms with E-state index in [0.29, 0.717) is 24.5 Å². The molecular formula is C21H27ClN2O3S. The molecule has 0 unspecified atom stereocenters. The summed E-state index contributed by atoms with van der Waals surface area (Å²) in [4.78, 5) is 14.8. The summed E-state index contributed by atoms with van der Waals surface area (Å²) < 4.78 is 22.0. The van der Waals surface area contributed by atoms with Crippen molar-refractivity contribution in [2.45, 2.75) is 32.6 Å². The number of H-pyrrole nitrogens is 1. The van der Waals surface area contributed by atoms with E-state index in [4.69, 9.17) is 11.6 Å². The summed E-state index contributed by atoms with van der Waals surface area (Å²) in [5, 5.41) is 0.139. The van der Waals surface area contributed by atoms with Gasteiger partial charge in [0.25, 0.3) is 5.56 Å². The molecule has 0 saturated carbocycles. The zero-order valence-corrected chi connectivity index (χ0v) is 18.0. The normalized spacial score (nSPS) is 19.0. The van der Waals surface area contributed by atoms with Crippen LogP contribution in [-0.2, 0) is 5.41 Å². The highest BCUT2D eigenvalue weighted by molar-refractivity contribution is 8.22. The van der Waals surface area contributed by atoms with Crippen molar-refractivity contribution in [3.05, 3.63) is 74.7 Å². The third-order valence-corrected chi connectivity index (χ3v) is 7.24. The summed E-state index contributed by atoms with van der Waals surface area (Å²) in [7, 11) is -2.69. The summed E-state index contributed by atoms with van der Waals surface area (Å²) in [5.41, 5.74) is 3.34. The Morgan fingerprint density at radius 3 is 2.43 bits per heavy atom. The molecule has 1 aliphatic rings. The molecule has 0 atom stereocenters. The van der Waals surface area contributed by atoms with Crippen LogP contribution in [0.4, 0.5) is 0 Å². The zero-order chi connectivity index (χ0) is 20.5. The summed E-state index contributed by atoms with van der Waals surface area (Å²) in [6, 6.07) is 11.6. The van der Waals surface area contributed by atoms with E-state index in [2.05, 4.69) is 37.9 Å². The summed E-state index contributed by atoms with van der Waals surface area (Å²) in [6.07, 6.45) is 2.70. The Bertz CT molecular complexity index is 930. The number of hydrogen-bond donors (Lipinski definition) is 3. The molecular weight excluding hydrogens is 396 g/mol.